The van der Waals surface area contributed by atoms with Crippen molar-refractivity contribution in [1.29, 1.82) is 0 Å². The first kappa shape index (κ1) is 21.5. The van der Waals surface area contributed by atoms with E-state index in [1.54, 1.807) is 22.2 Å². The number of aromatic nitrogens is 3. The van der Waals surface area contributed by atoms with Gasteiger partial charge in [-0.05, 0) is 51.4 Å². The third-order valence-electron chi connectivity index (χ3n) is 5.39. The number of hydrogen-bond donors (Lipinski definition) is 2. The number of carbonyl (C=O) groups excluding carboxylic acids is 1. The first-order valence-corrected chi connectivity index (χ1v) is 10.4. The second-order valence-corrected chi connectivity index (χ2v) is 8.46. The molecule has 4 rings (SSSR count). The van der Waals surface area contributed by atoms with Gasteiger partial charge in [-0.25, -0.2) is 4.98 Å². The fraction of sp³-hybridized carbons (Fsp3) is 0.381. The van der Waals surface area contributed by atoms with Gasteiger partial charge >= 0.3 is 0 Å². The lowest BCUT2D eigenvalue weighted by Gasteiger charge is -2.36. The predicted octanol–water partition coefficient (Wildman–Crippen LogP) is 3.69. The Labute approximate surface area is 181 Å². The van der Waals surface area contributed by atoms with Crippen LogP contribution in [0.3, 0.4) is 0 Å². The van der Waals surface area contributed by atoms with Crippen molar-refractivity contribution in [1.82, 2.24) is 20.1 Å². The molecule has 3 aromatic rings. The Balaban J connectivity index is 0.00000240. The molecule has 0 atom stereocenters. The summed E-state index contributed by atoms with van der Waals surface area (Å²) in [6.07, 6.45) is 5.85. The number of anilines is 1. The van der Waals surface area contributed by atoms with Gasteiger partial charge in [-0.2, -0.15) is 5.10 Å². The van der Waals surface area contributed by atoms with E-state index in [1.807, 2.05) is 19.2 Å². The van der Waals surface area contributed by atoms with Gasteiger partial charge in [0.05, 0.1) is 5.69 Å². The van der Waals surface area contributed by atoms with Gasteiger partial charge in [0, 0.05) is 23.7 Å². The number of nitrogens with zero attached hydrogens (tertiary/aromatic N) is 3. The molecular formula is C21H26ClN5OS. The van der Waals surface area contributed by atoms with E-state index in [4.69, 9.17) is 0 Å². The lowest BCUT2D eigenvalue weighted by atomic mass is 9.87. The van der Waals surface area contributed by atoms with Crippen LogP contribution in [0.25, 0.3) is 0 Å². The lowest BCUT2D eigenvalue weighted by molar-refractivity contribution is -0.126. The Hall–Kier alpha value is -2.22. The second-order valence-electron chi connectivity index (χ2n) is 7.38. The molecule has 1 aromatic carbocycles. The van der Waals surface area contributed by atoms with E-state index >= 15 is 0 Å². The van der Waals surface area contributed by atoms with E-state index in [9.17, 15) is 4.79 Å². The molecular weight excluding hydrogens is 406 g/mol. The summed E-state index contributed by atoms with van der Waals surface area (Å²) in [4.78, 5) is 19.1. The zero-order chi connectivity index (χ0) is 19.6. The molecule has 29 heavy (non-hydrogen) atoms. The Morgan fingerprint density at radius 3 is 2.62 bits per heavy atom. The van der Waals surface area contributed by atoms with Crippen molar-refractivity contribution in [2.75, 3.05) is 18.4 Å². The third kappa shape index (κ3) is 4.52. The molecule has 2 N–H and O–H groups in total. The number of amides is 1. The van der Waals surface area contributed by atoms with Crippen molar-refractivity contribution >= 4 is 34.8 Å². The molecule has 0 saturated carbocycles. The molecule has 154 valence electrons. The molecule has 0 bridgehead atoms. The summed E-state index contributed by atoms with van der Waals surface area (Å²) in [5.74, 6) is -0.0339. The number of thiazole rings is 1. The van der Waals surface area contributed by atoms with Crippen LogP contribution < -0.4 is 10.6 Å². The summed E-state index contributed by atoms with van der Waals surface area (Å²) >= 11 is 1.56. The molecule has 0 aliphatic carbocycles. The molecule has 2 aromatic heterocycles. The first-order valence-electron chi connectivity index (χ1n) is 9.61. The standard InChI is InChI=1S/C21H25N5OS.ClH/c1-15-4-6-17(7-5-15)14-18-16(2)24-20(28-18)25-19(27)21(8-11-22-12-9-21)26-13-3-10-23-26;/h3-7,10,13,22H,8-9,11-12,14H2,1-2H3,(H,24,25,27);1H. The average molecular weight is 432 g/mol. The fourth-order valence-corrected chi connectivity index (χ4v) is 4.66. The minimum absolute atomic E-state index is 0. The van der Waals surface area contributed by atoms with Crippen molar-refractivity contribution < 1.29 is 4.79 Å². The molecule has 8 heteroatoms. The Morgan fingerprint density at radius 2 is 1.97 bits per heavy atom. The highest BCUT2D eigenvalue weighted by molar-refractivity contribution is 7.15. The largest absolute Gasteiger partial charge is 0.317 e. The smallest absolute Gasteiger partial charge is 0.254 e. The number of nitrogens with one attached hydrogen (secondary N) is 2. The van der Waals surface area contributed by atoms with Crippen LogP contribution in [0.4, 0.5) is 5.13 Å². The highest BCUT2D eigenvalue weighted by atomic mass is 35.5. The normalized spacial score (nSPS) is 15.5. The molecule has 1 aliphatic heterocycles. The third-order valence-corrected chi connectivity index (χ3v) is 6.47. The van der Waals surface area contributed by atoms with Crippen molar-refractivity contribution in [3.8, 4) is 0 Å². The van der Waals surface area contributed by atoms with Crippen molar-refractivity contribution in [3.63, 3.8) is 0 Å². The maximum Gasteiger partial charge on any atom is 0.254 e. The van der Waals surface area contributed by atoms with Crippen molar-refractivity contribution in [2.45, 2.75) is 38.6 Å². The maximum absolute atomic E-state index is 13.3. The number of benzene rings is 1. The summed E-state index contributed by atoms with van der Waals surface area (Å²) in [7, 11) is 0. The predicted molar refractivity (Wildman–Crippen MR) is 119 cm³/mol. The molecule has 1 aliphatic rings. The van der Waals surface area contributed by atoms with Gasteiger partial charge in [0.25, 0.3) is 5.91 Å². The van der Waals surface area contributed by atoms with Crippen LogP contribution in [0.15, 0.2) is 42.7 Å². The number of hydrogen-bond acceptors (Lipinski definition) is 5. The Morgan fingerprint density at radius 1 is 1.24 bits per heavy atom. The van der Waals surface area contributed by atoms with Gasteiger partial charge in [-0.15, -0.1) is 23.7 Å². The first-order chi connectivity index (χ1) is 13.6. The molecule has 1 fully saturated rings. The molecule has 1 amide bonds. The highest BCUT2D eigenvalue weighted by Crippen LogP contribution is 2.31. The van der Waals surface area contributed by atoms with E-state index in [2.05, 4.69) is 51.9 Å². The molecule has 0 unspecified atom stereocenters. The van der Waals surface area contributed by atoms with E-state index in [0.717, 1.165) is 25.2 Å². The Bertz CT molecular complexity index is 946. The van der Waals surface area contributed by atoms with Crippen LogP contribution >= 0.6 is 23.7 Å². The number of piperidine rings is 1. The number of aryl methyl sites for hydroxylation is 2. The minimum atomic E-state index is -0.661. The number of rotatable bonds is 5. The number of halogens is 1. The van der Waals surface area contributed by atoms with Gasteiger partial charge in [0.2, 0.25) is 0 Å². The van der Waals surface area contributed by atoms with Crippen LogP contribution in [0.5, 0.6) is 0 Å². The summed E-state index contributed by atoms with van der Waals surface area (Å²) in [5.41, 5.74) is 2.82. The second kappa shape index (κ2) is 9.07. The van der Waals surface area contributed by atoms with Gasteiger partial charge in [-0.3, -0.25) is 14.8 Å². The summed E-state index contributed by atoms with van der Waals surface area (Å²) < 4.78 is 1.80. The molecule has 1 saturated heterocycles. The summed E-state index contributed by atoms with van der Waals surface area (Å²) in [5, 5.41) is 11.4. The monoisotopic (exact) mass is 431 g/mol. The highest BCUT2D eigenvalue weighted by Gasteiger charge is 2.42. The zero-order valence-electron chi connectivity index (χ0n) is 16.6. The van der Waals surface area contributed by atoms with Crippen LogP contribution in [0, 0.1) is 13.8 Å². The SMILES string of the molecule is Cc1ccc(Cc2sc(NC(=O)C3(n4cccn4)CCNCC3)nc2C)cc1.Cl. The van der Waals surface area contributed by atoms with E-state index in [1.165, 1.54) is 16.0 Å². The molecule has 0 spiro atoms. The summed E-state index contributed by atoms with van der Waals surface area (Å²) in [6.45, 7) is 5.68. The molecule has 3 heterocycles. The maximum atomic E-state index is 13.3. The van der Waals surface area contributed by atoms with Crippen LogP contribution in [-0.2, 0) is 16.8 Å². The van der Waals surface area contributed by atoms with Crippen molar-refractivity contribution in [2.24, 2.45) is 0 Å². The van der Waals surface area contributed by atoms with Crippen LogP contribution in [0.2, 0.25) is 0 Å². The van der Waals surface area contributed by atoms with Gasteiger partial charge in [0.15, 0.2) is 5.13 Å². The van der Waals surface area contributed by atoms with Gasteiger partial charge in [-0.1, -0.05) is 29.8 Å². The van der Waals surface area contributed by atoms with E-state index < -0.39 is 5.54 Å². The minimum Gasteiger partial charge on any atom is -0.317 e. The number of carbonyl (C=O) groups is 1. The van der Waals surface area contributed by atoms with E-state index in [0.29, 0.717) is 18.0 Å². The fourth-order valence-electron chi connectivity index (χ4n) is 3.67. The quantitative estimate of drug-likeness (QED) is 0.646. The molecule has 6 nitrogen and oxygen atoms in total. The van der Waals surface area contributed by atoms with Gasteiger partial charge < -0.3 is 5.32 Å². The lowest BCUT2D eigenvalue weighted by Crippen LogP contribution is -2.52. The zero-order valence-corrected chi connectivity index (χ0v) is 18.3. The van der Waals surface area contributed by atoms with Crippen molar-refractivity contribution in [3.05, 3.63) is 64.4 Å². The van der Waals surface area contributed by atoms with E-state index in [-0.39, 0.29) is 18.3 Å². The van der Waals surface area contributed by atoms with Gasteiger partial charge in [0.1, 0.15) is 5.54 Å². The topological polar surface area (TPSA) is 71.8 Å². The average Bonchev–Trinajstić information content (AvgIpc) is 3.35. The summed E-state index contributed by atoms with van der Waals surface area (Å²) in [6, 6.07) is 10.4. The Kier molecular flexibility index (Phi) is 6.72. The van der Waals surface area contributed by atoms with Crippen LogP contribution in [0.1, 0.15) is 34.5 Å². The van der Waals surface area contributed by atoms with Crippen LogP contribution in [-0.4, -0.2) is 33.8 Å². The molecule has 0 radical (unpaired) electrons.